The Bertz CT molecular complexity index is 179. The van der Waals surface area contributed by atoms with Gasteiger partial charge in [-0.3, -0.25) is 0 Å². The molecule has 1 aliphatic rings. The van der Waals surface area contributed by atoms with Crippen molar-refractivity contribution in [2.45, 2.75) is 33.6 Å². The van der Waals surface area contributed by atoms with Crippen LogP contribution in [0.4, 0.5) is 0 Å². The van der Waals surface area contributed by atoms with E-state index >= 15 is 0 Å². The molecule has 1 nitrogen and oxygen atoms in total. The van der Waals surface area contributed by atoms with Crippen LogP contribution in [0.2, 0.25) is 0 Å². The summed E-state index contributed by atoms with van der Waals surface area (Å²) >= 11 is 0. The van der Waals surface area contributed by atoms with Gasteiger partial charge in [0, 0.05) is 13.1 Å². The first-order valence-electron chi connectivity index (χ1n) is 4.86. The fourth-order valence-corrected chi connectivity index (χ4v) is 2.15. The first-order valence-corrected chi connectivity index (χ1v) is 4.86. The molecule has 12 heavy (non-hydrogen) atoms. The van der Waals surface area contributed by atoms with Gasteiger partial charge in [-0.25, -0.2) is 0 Å². The second-order valence-corrected chi connectivity index (χ2v) is 4.78. The van der Waals surface area contributed by atoms with Gasteiger partial charge in [0.05, 0.1) is 0 Å². The van der Waals surface area contributed by atoms with Crippen LogP contribution in [0, 0.1) is 5.41 Å². The van der Waals surface area contributed by atoms with Crippen LogP contribution in [-0.2, 0) is 0 Å². The second-order valence-electron chi connectivity index (χ2n) is 4.78. The highest BCUT2D eigenvalue weighted by molar-refractivity contribution is 5.06. The molecule has 1 fully saturated rings. The average Bonchev–Trinajstić information content (AvgIpc) is 2.07. The standard InChI is InChI=1S/C11H21N/c1-5-10-6-7-12(4)9-11(2,3)8-10/h5H,6-9H2,1-4H3/b10-5+. The lowest BCUT2D eigenvalue weighted by atomic mass is 9.86. The van der Waals surface area contributed by atoms with Crippen LogP contribution in [0.25, 0.3) is 0 Å². The summed E-state index contributed by atoms with van der Waals surface area (Å²) in [5.41, 5.74) is 2.09. The van der Waals surface area contributed by atoms with Crippen molar-refractivity contribution in [3.63, 3.8) is 0 Å². The Labute approximate surface area is 76.5 Å². The van der Waals surface area contributed by atoms with Gasteiger partial charge in [0.1, 0.15) is 0 Å². The predicted molar refractivity (Wildman–Crippen MR) is 54.3 cm³/mol. The monoisotopic (exact) mass is 167 g/mol. The van der Waals surface area contributed by atoms with Crippen molar-refractivity contribution in [1.29, 1.82) is 0 Å². The Balaban J connectivity index is 2.69. The quantitative estimate of drug-likeness (QED) is 0.501. The maximum Gasteiger partial charge on any atom is 0.00328 e. The second kappa shape index (κ2) is 3.61. The third-order valence-electron chi connectivity index (χ3n) is 2.63. The Morgan fingerprint density at radius 1 is 1.42 bits per heavy atom. The van der Waals surface area contributed by atoms with Crippen LogP contribution in [0.1, 0.15) is 33.6 Å². The van der Waals surface area contributed by atoms with E-state index in [1.807, 2.05) is 0 Å². The summed E-state index contributed by atoms with van der Waals surface area (Å²) in [5.74, 6) is 0. The summed E-state index contributed by atoms with van der Waals surface area (Å²) in [4.78, 5) is 2.44. The Morgan fingerprint density at radius 3 is 2.67 bits per heavy atom. The van der Waals surface area contributed by atoms with Gasteiger partial charge in [-0.2, -0.15) is 0 Å². The normalized spacial score (nSPS) is 28.8. The average molecular weight is 167 g/mol. The number of hydrogen-bond acceptors (Lipinski definition) is 1. The van der Waals surface area contributed by atoms with Gasteiger partial charge in [-0.05, 0) is 32.2 Å². The summed E-state index contributed by atoms with van der Waals surface area (Å²) in [6.07, 6.45) is 4.82. The third-order valence-corrected chi connectivity index (χ3v) is 2.63. The fraction of sp³-hybridized carbons (Fsp3) is 0.818. The zero-order chi connectivity index (χ0) is 9.19. The molecule has 70 valence electrons. The maximum atomic E-state index is 2.44. The van der Waals surface area contributed by atoms with Crippen molar-refractivity contribution in [2.24, 2.45) is 5.41 Å². The van der Waals surface area contributed by atoms with Crippen LogP contribution >= 0.6 is 0 Å². The molecule has 0 unspecified atom stereocenters. The minimum absolute atomic E-state index is 0.465. The number of hydrogen-bond donors (Lipinski definition) is 0. The summed E-state index contributed by atoms with van der Waals surface area (Å²) in [7, 11) is 2.22. The molecule has 0 aliphatic carbocycles. The van der Waals surface area contributed by atoms with Crippen molar-refractivity contribution in [3.05, 3.63) is 11.6 Å². The van der Waals surface area contributed by atoms with Crippen LogP contribution in [-0.4, -0.2) is 25.0 Å². The van der Waals surface area contributed by atoms with Crippen LogP contribution in [0.15, 0.2) is 11.6 Å². The van der Waals surface area contributed by atoms with E-state index in [1.165, 1.54) is 25.9 Å². The molecular formula is C11H21N. The van der Waals surface area contributed by atoms with Crippen LogP contribution in [0.3, 0.4) is 0 Å². The predicted octanol–water partition coefficient (Wildman–Crippen LogP) is 2.68. The number of nitrogens with zero attached hydrogens (tertiary/aromatic N) is 1. The van der Waals surface area contributed by atoms with Crippen molar-refractivity contribution in [2.75, 3.05) is 20.1 Å². The molecule has 0 aromatic rings. The van der Waals surface area contributed by atoms with Crippen LogP contribution < -0.4 is 0 Å². The van der Waals surface area contributed by atoms with E-state index in [4.69, 9.17) is 0 Å². The van der Waals surface area contributed by atoms with Crippen molar-refractivity contribution in [1.82, 2.24) is 4.90 Å². The first kappa shape index (κ1) is 9.79. The van der Waals surface area contributed by atoms with E-state index in [1.54, 1.807) is 5.57 Å². The van der Waals surface area contributed by atoms with Crippen LogP contribution in [0.5, 0.6) is 0 Å². The molecule has 1 heterocycles. The van der Waals surface area contributed by atoms with E-state index < -0.39 is 0 Å². The van der Waals surface area contributed by atoms with Crippen molar-refractivity contribution in [3.8, 4) is 0 Å². The van der Waals surface area contributed by atoms with Gasteiger partial charge < -0.3 is 4.90 Å². The minimum atomic E-state index is 0.465. The van der Waals surface area contributed by atoms with Gasteiger partial charge in [0.15, 0.2) is 0 Å². The molecule has 0 atom stereocenters. The van der Waals surface area contributed by atoms with E-state index in [-0.39, 0.29) is 0 Å². The fourth-order valence-electron chi connectivity index (χ4n) is 2.15. The summed E-state index contributed by atoms with van der Waals surface area (Å²) in [5, 5.41) is 0. The van der Waals surface area contributed by atoms with Gasteiger partial charge in [-0.1, -0.05) is 25.5 Å². The first-order chi connectivity index (χ1) is 5.53. The van der Waals surface area contributed by atoms with E-state index in [9.17, 15) is 0 Å². The van der Waals surface area contributed by atoms with Crippen molar-refractivity contribution >= 4 is 0 Å². The smallest absolute Gasteiger partial charge is 0.00328 e. The zero-order valence-electron chi connectivity index (χ0n) is 8.85. The van der Waals surface area contributed by atoms with Gasteiger partial charge >= 0.3 is 0 Å². The van der Waals surface area contributed by atoms with E-state index in [2.05, 4.69) is 38.8 Å². The molecule has 1 heteroatoms. The molecule has 0 radical (unpaired) electrons. The Kier molecular flexibility index (Phi) is 2.94. The van der Waals surface area contributed by atoms with Gasteiger partial charge in [0.2, 0.25) is 0 Å². The molecule has 0 saturated carbocycles. The summed E-state index contributed by atoms with van der Waals surface area (Å²) in [6.45, 7) is 9.33. The molecule has 1 saturated heterocycles. The minimum Gasteiger partial charge on any atom is -0.306 e. The number of rotatable bonds is 0. The van der Waals surface area contributed by atoms with Gasteiger partial charge in [-0.15, -0.1) is 0 Å². The molecule has 1 aliphatic heterocycles. The highest BCUT2D eigenvalue weighted by Crippen LogP contribution is 2.30. The molecule has 0 aromatic heterocycles. The highest BCUT2D eigenvalue weighted by Gasteiger charge is 2.24. The lowest BCUT2D eigenvalue weighted by Crippen LogP contribution is -2.29. The van der Waals surface area contributed by atoms with Gasteiger partial charge in [0.25, 0.3) is 0 Å². The third kappa shape index (κ3) is 2.63. The largest absolute Gasteiger partial charge is 0.306 e. The molecule has 0 N–H and O–H groups in total. The van der Waals surface area contributed by atoms with E-state index in [0.29, 0.717) is 5.41 Å². The molecule has 0 spiro atoms. The Hall–Kier alpha value is -0.300. The zero-order valence-corrected chi connectivity index (χ0v) is 8.85. The lowest BCUT2D eigenvalue weighted by molar-refractivity contribution is 0.232. The number of likely N-dealkylation sites (tertiary alicyclic amines) is 1. The SMILES string of the molecule is C/C=C1\CCN(C)CC(C)(C)C1. The number of allylic oxidation sites excluding steroid dienone is 1. The molecular weight excluding hydrogens is 146 g/mol. The maximum absolute atomic E-state index is 2.44. The molecule has 1 rings (SSSR count). The van der Waals surface area contributed by atoms with E-state index in [0.717, 1.165) is 0 Å². The molecule has 0 bridgehead atoms. The molecule has 0 amide bonds. The lowest BCUT2D eigenvalue weighted by Gasteiger charge is -2.26. The highest BCUT2D eigenvalue weighted by atomic mass is 15.1. The Morgan fingerprint density at radius 2 is 2.08 bits per heavy atom. The van der Waals surface area contributed by atoms with Crippen molar-refractivity contribution < 1.29 is 0 Å². The topological polar surface area (TPSA) is 3.24 Å². The summed E-state index contributed by atoms with van der Waals surface area (Å²) < 4.78 is 0. The summed E-state index contributed by atoms with van der Waals surface area (Å²) in [6, 6.07) is 0. The molecule has 0 aromatic carbocycles.